The molecule has 3 aromatic rings. The predicted molar refractivity (Wildman–Crippen MR) is 95.2 cm³/mol. The van der Waals surface area contributed by atoms with Crippen LogP contribution in [0.25, 0.3) is 22.2 Å². The lowest BCUT2D eigenvalue weighted by Gasteiger charge is -2.23. The molecule has 0 unspecified atom stereocenters. The number of fused-ring (bicyclic) bond motifs is 1. The molecule has 1 fully saturated rings. The van der Waals surface area contributed by atoms with Crippen molar-refractivity contribution < 1.29 is 4.39 Å². The van der Waals surface area contributed by atoms with Gasteiger partial charge >= 0.3 is 0 Å². The van der Waals surface area contributed by atoms with Crippen molar-refractivity contribution in [2.45, 2.75) is 44.7 Å². The Hall–Kier alpha value is -2.20. The highest BCUT2D eigenvalue weighted by molar-refractivity contribution is 5.81. The van der Waals surface area contributed by atoms with E-state index in [4.69, 9.17) is 0 Å². The molecule has 3 nitrogen and oxygen atoms in total. The molecule has 1 saturated carbocycles. The zero-order valence-electron chi connectivity index (χ0n) is 13.7. The van der Waals surface area contributed by atoms with Gasteiger partial charge in [-0.2, -0.15) is 0 Å². The predicted octanol–water partition coefficient (Wildman–Crippen LogP) is 4.79. The second-order valence-electron chi connectivity index (χ2n) is 6.66. The maximum atomic E-state index is 14.5. The van der Waals surface area contributed by atoms with Gasteiger partial charge in [-0.3, -0.25) is 0 Å². The minimum Gasteiger partial charge on any atom is -0.345 e. The highest BCUT2D eigenvalue weighted by Gasteiger charge is 2.13. The van der Waals surface area contributed by atoms with E-state index in [0.717, 1.165) is 27.7 Å². The number of rotatable bonds is 4. The van der Waals surface area contributed by atoms with Crippen LogP contribution in [-0.2, 0) is 6.54 Å². The van der Waals surface area contributed by atoms with Crippen LogP contribution in [0.5, 0.6) is 0 Å². The van der Waals surface area contributed by atoms with Gasteiger partial charge in [-0.15, -0.1) is 0 Å². The van der Waals surface area contributed by atoms with Gasteiger partial charge in [0.25, 0.3) is 0 Å². The average molecular weight is 323 g/mol. The molecule has 0 radical (unpaired) electrons. The maximum absolute atomic E-state index is 14.5. The lowest BCUT2D eigenvalue weighted by Crippen LogP contribution is -2.30. The van der Waals surface area contributed by atoms with E-state index in [9.17, 15) is 4.39 Å². The summed E-state index contributed by atoms with van der Waals surface area (Å²) < 4.78 is 14.5. The first-order valence-corrected chi connectivity index (χ1v) is 8.75. The summed E-state index contributed by atoms with van der Waals surface area (Å²) in [4.78, 5) is 7.34. The van der Waals surface area contributed by atoms with E-state index < -0.39 is 0 Å². The van der Waals surface area contributed by atoms with Crippen LogP contribution in [0.15, 0.2) is 42.7 Å². The Morgan fingerprint density at radius 2 is 1.83 bits per heavy atom. The Morgan fingerprint density at radius 1 is 1.04 bits per heavy atom. The Kier molecular flexibility index (Phi) is 4.30. The van der Waals surface area contributed by atoms with Crippen LogP contribution in [0.1, 0.15) is 37.7 Å². The van der Waals surface area contributed by atoms with Crippen molar-refractivity contribution in [3.05, 3.63) is 54.1 Å². The molecule has 1 heterocycles. The summed E-state index contributed by atoms with van der Waals surface area (Å²) in [5.41, 5.74) is 4.51. The highest BCUT2D eigenvalue weighted by Crippen LogP contribution is 2.25. The molecule has 0 saturated heterocycles. The van der Waals surface area contributed by atoms with E-state index in [1.165, 1.54) is 32.1 Å². The first-order valence-electron chi connectivity index (χ1n) is 8.75. The van der Waals surface area contributed by atoms with E-state index in [1.54, 1.807) is 12.4 Å². The van der Waals surface area contributed by atoms with Gasteiger partial charge in [0.2, 0.25) is 0 Å². The Labute approximate surface area is 141 Å². The second kappa shape index (κ2) is 6.73. The van der Waals surface area contributed by atoms with E-state index in [1.807, 2.05) is 30.3 Å². The molecular weight excluding hydrogens is 301 g/mol. The molecule has 4 heteroatoms. The van der Waals surface area contributed by atoms with Crippen molar-refractivity contribution in [3.63, 3.8) is 0 Å². The first kappa shape index (κ1) is 15.3. The molecule has 24 heavy (non-hydrogen) atoms. The molecule has 0 amide bonds. The monoisotopic (exact) mass is 323 g/mol. The van der Waals surface area contributed by atoms with Crippen molar-refractivity contribution in [3.8, 4) is 11.1 Å². The summed E-state index contributed by atoms with van der Waals surface area (Å²) >= 11 is 0. The summed E-state index contributed by atoms with van der Waals surface area (Å²) in [6.07, 6.45) is 8.01. The number of H-pyrrole nitrogens is 1. The number of hydrogen-bond acceptors (Lipinski definition) is 2. The van der Waals surface area contributed by atoms with Crippen LogP contribution in [0, 0.1) is 5.82 Å². The normalized spacial score (nSPS) is 15.9. The minimum absolute atomic E-state index is 0.141. The number of aromatic nitrogens is 2. The largest absolute Gasteiger partial charge is 0.345 e. The van der Waals surface area contributed by atoms with E-state index >= 15 is 0 Å². The summed E-state index contributed by atoms with van der Waals surface area (Å²) in [5.74, 6) is -0.141. The van der Waals surface area contributed by atoms with E-state index in [2.05, 4.69) is 15.3 Å². The fourth-order valence-corrected chi connectivity index (χ4v) is 3.54. The highest BCUT2D eigenvalue weighted by atomic mass is 19.1. The molecule has 2 N–H and O–H groups in total. The minimum atomic E-state index is -0.141. The Balaban J connectivity index is 1.50. The van der Waals surface area contributed by atoms with Crippen LogP contribution in [0.3, 0.4) is 0 Å². The third-order valence-electron chi connectivity index (χ3n) is 4.99. The lowest BCUT2D eigenvalue weighted by molar-refractivity contribution is 0.370. The molecule has 0 atom stereocenters. The number of imidazole rings is 1. The molecule has 124 valence electrons. The third kappa shape index (κ3) is 3.20. The van der Waals surface area contributed by atoms with Gasteiger partial charge in [-0.05, 0) is 42.2 Å². The molecular formula is C20H22FN3. The summed E-state index contributed by atoms with van der Waals surface area (Å²) in [6.45, 7) is 0.606. The number of benzene rings is 2. The van der Waals surface area contributed by atoms with Gasteiger partial charge in [-0.25, -0.2) is 9.37 Å². The summed E-state index contributed by atoms with van der Waals surface area (Å²) in [5, 5.41) is 3.50. The Bertz CT molecular complexity index is 834. The first-order chi connectivity index (χ1) is 11.8. The number of aromatic amines is 1. The molecule has 1 aliphatic carbocycles. The van der Waals surface area contributed by atoms with Crippen LogP contribution < -0.4 is 5.32 Å². The molecule has 4 rings (SSSR count). The SMILES string of the molecule is Fc1cc(-c2ccc3[nH]cnc3c2)ccc1CNC1CCCCC1. The molecule has 0 aliphatic heterocycles. The lowest BCUT2D eigenvalue weighted by atomic mass is 9.95. The molecule has 1 aromatic heterocycles. The molecule has 1 aliphatic rings. The smallest absolute Gasteiger partial charge is 0.128 e. The third-order valence-corrected chi connectivity index (χ3v) is 4.99. The number of nitrogens with zero attached hydrogens (tertiary/aromatic N) is 1. The van der Waals surface area contributed by atoms with Crippen LogP contribution >= 0.6 is 0 Å². The van der Waals surface area contributed by atoms with Gasteiger partial charge in [0.15, 0.2) is 0 Å². The Morgan fingerprint density at radius 3 is 2.67 bits per heavy atom. The van der Waals surface area contributed by atoms with E-state index in [0.29, 0.717) is 12.6 Å². The molecule has 0 spiro atoms. The fourth-order valence-electron chi connectivity index (χ4n) is 3.54. The standard InChI is InChI=1S/C20H22FN3/c21-18-10-14(15-8-9-19-20(11-15)24-13-23-19)6-7-16(18)12-22-17-4-2-1-3-5-17/h6-11,13,17,22H,1-5,12H2,(H,23,24). The van der Waals surface area contributed by atoms with Crippen molar-refractivity contribution in [2.24, 2.45) is 0 Å². The van der Waals surface area contributed by atoms with Crippen molar-refractivity contribution in [1.29, 1.82) is 0 Å². The zero-order chi connectivity index (χ0) is 16.4. The van der Waals surface area contributed by atoms with Crippen molar-refractivity contribution >= 4 is 11.0 Å². The number of hydrogen-bond donors (Lipinski definition) is 2. The van der Waals surface area contributed by atoms with Gasteiger partial charge in [0.05, 0.1) is 17.4 Å². The van der Waals surface area contributed by atoms with Gasteiger partial charge in [-0.1, -0.05) is 37.5 Å². The van der Waals surface area contributed by atoms with Crippen LogP contribution in [0.2, 0.25) is 0 Å². The summed E-state index contributed by atoms with van der Waals surface area (Å²) in [7, 11) is 0. The quantitative estimate of drug-likeness (QED) is 0.724. The van der Waals surface area contributed by atoms with Crippen molar-refractivity contribution in [1.82, 2.24) is 15.3 Å². The second-order valence-corrected chi connectivity index (χ2v) is 6.66. The van der Waals surface area contributed by atoms with Crippen LogP contribution in [0.4, 0.5) is 4.39 Å². The molecule has 0 bridgehead atoms. The van der Waals surface area contributed by atoms with Crippen LogP contribution in [-0.4, -0.2) is 16.0 Å². The van der Waals surface area contributed by atoms with Gasteiger partial charge in [0.1, 0.15) is 5.82 Å². The topological polar surface area (TPSA) is 40.7 Å². The fraction of sp³-hybridized carbons (Fsp3) is 0.350. The zero-order valence-corrected chi connectivity index (χ0v) is 13.7. The van der Waals surface area contributed by atoms with E-state index in [-0.39, 0.29) is 5.82 Å². The summed E-state index contributed by atoms with van der Waals surface area (Å²) in [6, 6.07) is 12.0. The van der Waals surface area contributed by atoms with Gasteiger partial charge < -0.3 is 10.3 Å². The number of nitrogens with one attached hydrogen (secondary N) is 2. The maximum Gasteiger partial charge on any atom is 0.128 e. The van der Waals surface area contributed by atoms with Gasteiger partial charge in [0, 0.05) is 18.2 Å². The average Bonchev–Trinajstić information content (AvgIpc) is 3.09. The molecule has 2 aromatic carbocycles. The number of halogens is 1. The van der Waals surface area contributed by atoms with Crippen molar-refractivity contribution in [2.75, 3.05) is 0 Å².